The van der Waals surface area contributed by atoms with Gasteiger partial charge in [0.05, 0.1) is 11.5 Å². The van der Waals surface area contributed by atoms with Crippen LogP contribution in [0, 0.1) is 11.3 Å². The molecule has 2 N–H and O–H groups in total. The van der Waals surface area contributed by atoms with Crippen LogP contribution in [0.5, 0.6) is 0 Å². The Morgan fingerprint density at radius 3 is 2.61 bits per heavy atom. The predicted molar refractivity (Wildman–Crippen MR) is 67.1 cm³/mol. The van der Waals surface area contributed by atoms with E-state index in [1.54, 1.807) is 4.90 Å². The molecule has 2 aliphatic heterocycles. The second-order valence-electron chi connectivity index (χ2n) is 5.77. The second-order valence-corrected chi connectivity index (χ2v) is 5.77. The molecule has 1 amide bonds. The fraction of sp³-hybridized carbons (Fsp3) is 0.846. The first kappa shape index (κ1) is 13.3. The van der Waals surface area contributed by atoms with Crippen molar-refractivity contribution >= 4 is 11.9 Å². The second kappa shape index (κ2) is 4.88. The summed E-state index contributed by atoms with van der Waals surface area (Å²) >= 11 is 0. The zero-order valence-electron chi connectivity index (χ0n) is 11.1. The van der Waals surface area contributed by atoms with Crippen LogP contribution in [-0.2, 0) is 9.59 Å². The molecule has 2 saturated heterocycles. The largest absolute Gasteiger partial charge is 0.481 e. The SMILES string of the molecule is CC(C)C1(C(=O)O)CCN(C(=O)C2CCCN2)C1. The number of hydrogen-bond donors (Lipinski definition) is 2. The van der Waals surface area contributed by atoms with Crippen molar-refractivity contribution in [1.29, 1.82) is 0 Å². The lowest BCUT2D eigenvalue weighted by Gasteiger charge is -2.29. The Hall–Kier alpha value is -1.10. The van der Waals surface area contributed by atoms with E-state index in [-0.39, 0.29) is 17.9 Å². The zero-order valence-corrected chi connectivity index (χ0v) is 11.1. The van der Waals surface area contributed by atoms with Crippen LogP contribution in [0.2, 0.25) is 0 Å². The lowest BCUT2D eigenvalue weighted by Crippen LogP contribution is -2.45. The van der Waals surface area contributed by atoms with E-state index < -0.39 is 11.4 Å². The van der Waals surface area contributed by atoms with E-state index in [1.165, 1.54) is 0 Å². The molecule has 0 aliphatic carbocycles. The first-order valence-corrected chi connectivity index (χ1v) is 6.73. The molecular formula is C13H22N2O3. The van der Waals surface area contributed by atoms with E-state index in [9.17, 15) is 14.7 Å². The standard InChI is InChI=1S/C13H22N2O3/c1-9(2)13(12(17)18)5-7-15(8-13)11(16)10-4-3-6-14-10/h9-10,14H,3-8H2,1-2H3,(H,17,18). The number of amides is 1. The summed E-state index contributed by atoms with van der Waals surface area (Å²) in [4.78, 5) is 25.5. The topological polar surface area (TPSA) is 69.6 Å². The summed E-state index contributed by atoms with van der Waals surface area (Å²) < 4.78 is 0. The minimum Gasteiger partial charge on any atom is -0.481 e. The van der Waals surface area contributed by atoms with Crippen LogP contribution >= 0.6 is 0 Å². The Balaban J connectivity index is 2.06. The molecule has 0 bridgehead atoms. The van der Waals surface area contributed by atoms with Gasteiger partial charge in [-0.05, 0) is 31.7 Å². The number of likely N-dealkylation sites (tertiary alicyclic amines) is 1. The van der Waals surface area contributed by atoms with E-state index in [4.69, 9.17) is 0 Å². The van der Waals surface area contributed by atoms with E-state index in [0.717, 1.165) is 19.4 Å². The number of aliphatic carboxylic acids is 1. The van der Waals surface area contributed by atoms with Gasteiger partial charge in [-0.1, -0.05) is 13.8 Å². The number of carboxylic acid groups (broad SMARTS) is 1. The summed E-state index contributed by atoms with van der Waals surface area (Å²) in [6.07, 6.45) is 2.47. The average molecular weight is 254 g/mol. The van der Waals surface area contributed by atoms with Gasteiger partial charge in [-0.25, -0.2) is 0 Å². The normalized spacial score (nSPS) is 32.2. The summed E-state index contributed by atoms with van der Waals surface area (Å²) in [6, 6.07) is -0.0956. The van der Waals surface area contributed by atoms with E-state index >= 15 is 0 Å². The molecule has 0 spiro atoms. The van der Waals surface area contributed by atoms with Crippen LogP contribution in [0.1, 0.15) is 33.1 Å². The number of carbonyl (C=O) groups excluding carboxylic acids is 1. The van der Waals surface area contributed by atoms with Gasteiger partial charge in [0.15, 0.2) is 0 Å². The molecule has 2 aliphatic rings. The number of nitrogens with zero attached hydrogens (tertiary/aromatic N) is 1. The number of rotatable bonds is 3. The lowest BCUT2D eigenvalue weighted by molar-refractivity contribution is -0.151. The van der Waals surface area contributed by atoms with Crippen molar-refractivity contribution in [3.05, 3.63) is 0 Å². The van der Waals surface area contributed by atoms with Gasteiger partial charge in [0, 0.05) is 13.1 Å². The Morgan fingerprint density at radius 2 is 2.17 bits per heavy atom. The highest BCUT2D eigenvalue weighted by Gasteiger charge is 2.49. The van der Waals surface area contributed by atoms with Crippen LogP contribution in [0.4, 0.5) is 0 Å². The maximum atomic E-state index is 12.3. The van der Waals surface area contributed by atoms with E-state index in [1.807, 2.05) is 13.8 Å². The minimum absolute atomic E-state index is 0.0457. The summed E-state index contributed by atoms with van der Waals surface area (Å²) in [7, 11) is 0. The van der Waals surface area contributed by atoms with Crippen molar-refractivity contribution in [2.75, 3.05) is 19.6 Å². The smallest absolute Gasteiger partial charge is 0.311 e. The Morgan fingerprint density at radius 1 is 1.44 bits per heavy atom. The molecule has 2 atom stereocenters. The summed E-state index contributed by atoms with van der Waals surface area (Å²) in [5, 5.41) is 12.6. The molecule has 2 rings (SSSR count). The van der Waals surface area contributed by atoms with Gasteiger partial charge in [0.1, 0.15) is 0 Å². The Labute approximate surface area is 108 Å². The molecule has 5 nitrogen and oxygen atoms in total. The molecule has 2 fully saturated rings. The third kappa shape index (κ3) is 2.11. The zero-order chi connectivity index (χ0) is 13.3. The molecule has 2 heterocycles. The monoisotopic (exact) mass is 254 g/mol. The van der Waals surface area contributed by atoms with Gasteiger partial charge in [-0.3, -0.25) is 9.59 Å². The maximum absolute atomic E-state index is 12.3. The van der Waals surface area contributed by atoms with Gasteiger partial charge >= 0.3 is 5.97 Å². The molecule has 102 valence electrons. The lowest BCUT2D eigenvalue weighted by atomic mass is 9.76. The van der Waals surface area contributed by atoms with Crippen LogP contribution in [0.3, 0.4) is 0 Å². The van der Waals surface area contributed by atoms with E-state index in [2.05, 4.69) is 5.32 Å². The Bertz CT molecular complexity index is 350. The molecule has 5 heteroatoms. The van der Waals surface area contributed by atoms with Crippen molar-refractivity contribution in [3.63, 3.8) is 0 Å². The van der Waals surface area contributed by atoms with Crippen molar-refractivity contribution in [3.8, 4) is 0 Å². The molecule has 2 unspecified atom stereocenters. The summed E-state index contributed by atoms with van der Waals surface area (Å²) in [5.74, 6) is -0.646. The number of hydrogen-bond acceptors (Lipinski definition) is 3. The number of nitrogens with one attached hydrogen (secondary N) is 1. The van der Waals surface area contributed by atoms with Gasteiger partial charge in [-0.15, -0.1) is 0 Å². The molecule has 0 saturated carbocycles. The number of carboxylic acids is 1. The van der Waals surface area contributed by atoms with Crippen LogP contribution in [-0.4, -0.2) is 47.6 Å². The summed E-state index contributed by atoms with van der Waals surface area (Å²) in [5.41, 5.74) is -0.756. The molecule has 18 heavy (non-hydrogen) atoms. The quantitative estimate of drug-likeness (QED) is 0.778. The maximum Gasteiger partial charge on any atom is 0.311 e. The molecule has 0 aromatic heterocycles. The third-order valence-electron chi connectivity index (χ3n) is 4.50. The predicted octanol–water partition coefficient (Wildman–Crippen LogP) is 0.698. The molecule has 0 aromatic carbocycles. The van der Waals surface area contributed by atoms with Gasteiger partial charge < -0.3 is 15.3 Å². The van der Waals surface area contributed by atoms with Crippen molar-refractivity contribution < 1.29 is 14.7 Å². The van der Waals surface area contributed by atoms with Gasteiger partial charge in [0.25, 0.3) is 0 Å². The summed E-state index contributed by atoms with van der Waals surface area (Å²) in [6.45, 7) is 5.67. The average Bonchev–Trinajstić information content (AvgIpc) is 2.98. The first-order valence-electron chi connectivity index (χ1n) is 6.73. The molecule has 0 radical (unpaired) electrons. The highest BCUT2D eigenvalue weighted by atomic mass is 16.4. The van der Waals surface area contributed by atoms with Crippen LogP contribution in [0.25, 0.3) is 0 Å². The first-order chi connectivity index (χ1) is 8.47. The van der Waals surface area contributed by atoms with E-state index in [0.29, 0.717) is 19.5 Å². The number of carbonyl (C=O) groups is 2. The fourth-order valence-electron chi connectivity index (χ4n) is 3.03. The van der Waals surface area contributed by atoms with Gasteiger partial charge in [0.2, 0.25) is 5.91 Å². The third-order valence-corrected chi connectivity index (χ3v) is 4.50. The molecule has 0 aromatic rings. The minimum atomic E-state index is -0.771. The highest BCUT2D eigenvalue weighted by Crippen LogP contribution is 2.38. The van der Waals surface area contributed by atoms with Gasteiger partial charge in [-0.2, -0.15) is 0 Å². The van der Waals surface area contributed by atoms with Crippen molar-refractivity contribution in [1.82, 2.24) is 10.2 Å². The van der Waals surface area contributed by atoms with Crippen LogP contribution in [0.15, 0.2) is 0 Å². The fourth-order valence-corrected chi connectivity index (χ4v) is 3.03. The van der Waals surface area contributed by atoms with Crippen molar-refractivity contribution in [2.45, 2.75) is 39.2 Å². The van der Waals surface area contributed by atoms with Crippen LogP contribution < -0.4 is 5.32 Å². The Kier molecular flexibility index (Phi) is 3.61. The molecular weight excluding hydrogens is 232 g/mol. The van der Waals surface area contributed by atoms with Crippen molar-refractivity contribution in [2.24, 2.45) is 11.3 Å². The highest BCUT2D eigenvalue weighted by molar-refractivity contribution is 5.84.